The second kappa shape index (κ2) is 5.70. The fraction of sp³-hybridized carbons (Fsp3) is 0.353. The lowest BCUT2D eigenvalue weighted by atomic mass is 10.1. The third-order valence-electron chi connectivity index (χ3n) is 3.87. The number of allylic oxidation sites excluding steroid dienone is 4. The van der Waals surface area contributed by atoms with Crippen molar-refractivity contribution in [1.29, 1.82) is 0 Å². The van der Waals surface area contributed by atoms with Gasteiger partial charge in [-0.1, -0.05) is 85.8 Å². The molecule has 0 spiro atoms. The van der Waals surface area contributed by atoms with Crippen LogP contribution >= 0.6 is 0 Å². The molecule has 0 saturated heterocycles. The fourth-order valence-corrected chi connectivity index (χ4v) is 5.52. The van der Waals surface area contributed by atoms with Crippen LogP contribution in [0.5, 0.6) is 0 Å². The van der Waals surface area contributed by atoms with E-state index >= 15 is 0 Å². The van der Waals surface area contributed by atoms with Crippen molar-refractivity contribution in [3.05, 3.63) is 59.7 Å². The molecule has 0 fully saturated rings. The normalized spacial score (nSPS) is 16.1. The van der Waals surface area contributed by atoms with E-state index in [4.69, 9.17) is 0 Å². The third-order valence-corrected chi connectivity index (χ3v) is 7.49. The highest BCUT2D eigenvalue weighted by Gasteiger charge is 2.35. The Morgan fingerprint density at radius 3 is 2.44 bits per heavy atom. The predicted molar refractivity (Wildman–Crippen MR) is 83.5 cm³/mol. The minimum absolute atomic E-state index is 1.24. The molecular weight excluding hydrogens is 232 g/mol. The topological polar surface area (TPSA) is 0 Å². The lowest BCUT2D eigenvalue weighted by Gasteiger charge is -2.30. The van der Waals surface area contributed by atoms with Crippen molar-refractivity contribution in [2.45, 2.75) is 39.3 Å². The van der Waals surface area contributed by atoms with E-state index in [-0.39, 0.29) is 0 Å². The minimum atomic E-state index is -1.50. The fourth-order valence-electron chi connectivity index (χ4n) is 2.66. The number of unbranched alkanes of at least 4 members (excludes halogenated alkanes) is 1. The molecule has 0 amide bonds. The number of benzene rings is 1. The van der Waals surface area contributed by atoms with Gasteiger partial charge in [-0.3, -0.25) is 0 Å². The van der Waals surface area contributed by atoms with Gasteiger partial charge >= 0.3 is 0 Å². The predicted octanol–water partition coefficient (Wildman–Crippen LogP) is 4.40. The average Bonchev–Trinajstić information content (AvgIpc) is 2.86. The van der Waals surface area contributed by atoms with Gasteiger partial charge in [-0.25, -0.2) is 0 Å². The average molecular weight is 255 g/mol. The summed E-state index contributed by atoms with van der Waals surface area (Å²) >= 11 is 0. The molecule has 0 saturated carbocycles. The van der Waals surface area contributed by atoms with Crippen molar-refractivity contribution >= 4 is 13.3 Å². The molecule has 1 radical (unpaired) electrons. The maximum absolute atomic E-state index is 2.47. The Morgan fingerprint density at radius 2 is 1.78 bits per heavy atom. The zero-order valence-electron chi connectivity index (χ0n) is 11.7. The first-order valence-electron chi connectivity index (χ1n) is 6.97. The Morgan fingerprint density at radius 1 is 1.06 bits per heavy atom. The van der Waals surface area contributed by atoms with Gasteiger partial charge in [0.25, 0.3) is 0 Å². The van der Waals surface area contributed by atoms with E-state index in [1.807, 2.05) is 0 Å². The van der Waals surface area contributed by atoms with Crippen molar-refractivity contribution in [1.82, 2.24) is 0 Å². The van der Waals surface area contributed by atoms with Crippen LogP contribution in [0.2, 0.25) is 13.1 Å². The van der Waals surface area contributed by atoms with Crippen LogP contribution in [0.1, 0.15) is 26.2 Å². The Hall–Kier alpha value is -1.08. The van der Waals surface area contributed by atoms with Crippen LogP contribution in [-0.2, 0) is 0 Å². The van der Waals surface area contributed by atoms with Crippen molar-refractivity contribution < 1.29 is 0 Å². The summed E-state index contributed by atoms with van der Waals surface area (Å²) in [7, 11) is -1.50. The van der Waals surface area contributed by atoms with Crippen molar-refractivity contribution in [2.24, 2.45) is 0 Å². The van der Waals surface area contributed by atoms with E-state index in [9.17, 15) is 0 Å². The van der Waals surface area contributed by atoms with Gasteiger partial charge in [0, 0.05) is 5.54 Å². The first-order valence-corrected chi connectivity index (χ1v) is 9.97. The first-order chi connectivity index (χ1) is 8.66. The van der Waals surface area contributed by atoms with Crippen molar-refractivity contribution in [3.8, 4) is 0 Å². The minimum Gasteiger partial charge on any atom is -0.0757 e. The molecular formula is C17H23Si. The smallest absolute Gasteiger partial charge is 0.0757 e. The summed E-state index contributed by atoms with van der Waals surface area (Å²) in [4.78, 5) is 0. The largest absolute Gasteiger partial charge is 0.0962 e. The maximum Gasteiger partial charge on any atom is 0.0962 e. The lowest BCUT2D eigenvalue weighted by Crippen LogP contribution is -2.47. The van der Waals surface area contributed by atoms with E-state index in [0.29, 0.717) is 0 Å². The number of rotatable bonds is 5. The zero-order chi connectivity index (χ0) is 13.0. The van der Waals surface area contributed by atoms with E-state index in [2.05, 4.69) is 68.6 Å². The van der Waals surface area contributed by atoms with E-state index in [1.165, 1.54) is 24.4 Å². The van der Waals surface area contributed by atoms with Crippen LogP contribution in [0, 0.1) is 5.54 Å². The molecule has 95 valence electrons. The van der Waals surface area contributed by atoms with E-state index in [0.717, 1.165) is 0 Å². The van der Waals surface area contributed by atoms with Gasteiger partial charge in [0.1, 0.15) is 0 Å². The summed E-state index contributed by atoms with van der Waals surface area (Å²) in [5.74, 6) is 0. The molecule has 0 aliphatic heterocycles. The van der Waals surface area contributed by atoms with Crippen molar-refractivity contribution in [2.75, 3.05) is 0 Å². The second-order valence-corrected chi connectivity index (χ2v) is 9.93. The second-order valence-electron chi connectivity index (χ2n) is 5.56. The molecule has 1 aromatic carbocycles. The number of hydrogen-bond acceptors (Lipinski definition) is 0. The van der Waals surface area contributed by atoms with Gasteiger partial charge in [-0.15, -0.1) is 0 Å². The van der Waals surface area contributed by atoms with Gasteiger partial charge in [-0.05, 0) is 12.8 Å². The van der Waals surface area contributed by atoms with Crippen LogP contribution in [-0.4, -0.2) is 8.07 Å². The summed E-state index contributed by atoms with van der Waals surface area (Å²) in [6, 6.07) is 11.0. The molecule has 1 aliphatic carbocycles. The molecule has 0 heterocycles. The molecule has 0 atom stereocenters. The van der Waals surface area contributed by atoms with Crippen LogP contribution in [0.3, 0.4) is 0 Å². The summed E-state index contributed by atoms with van der Waals surface area (Å²) < 4.78 is 0. The van der Waals surface area contributed by atoms with Crippen LogP contribution in [0.4, 0.5) is 0 Å². The standard InChI is InChI=1S/C17H23Si/c1-4-5-10-15-11-9-14-17(15)18(2,3)16-12-7-6-8-13-16/h6-9,11-14H,4-5,10H2,1-3H3. The van der Waals surface area contributed by atoms with Gasteiger partial charge in [0.2, 0.25) is 0 Å². The molecule has 0 bridgehead atoms. The molecule has 1 aromatic rings. The molecule has 0 N–H and O–H groups in total. The monoisotopic (exact) mass is 255 g/mol. The Labute approximate surface area is 112 Å². The molecule has 1 aliphatic rings. The summed E-state index contributed by atoms with van der Waals surface area (Å²) in [5.41, 5.74) is 3.21. The van der Waals surface area contributed by atoms with Gasteiger partial charge in [0.05, 0.1) is 8.07 Å². The zero-order valence-corrected chi connectivity index (χ0v) is 12.7. The van der Waals surface area contributed by atoms with Crippen LogP contribution < -0.4 is 5.19 Å². The van der Waals surface area contributed by atoms with Crippen LogP contribution in [0.25, 0.3) is 0 Å². The summed E-state index contributed by atoms with van der Waals surface area (Å²) in [5, 5.41) is 1.54. The Kier molecular flexibility index (Phi) is 4.23. The summed E-state index contributed by atoms with van der Waals surface area (Å²) in [6.07, 6.45) is 10.7. The molecule has 0 unspecified atom stereocenters. The molecule has 2 rings (SSSR count). The van der Waals surface area contributed by atoms with Gasteiger partial charge in [0.15, 0.2) is 0 Å². The molecule has 18 heavy (non-hydrogen) atoms. The molecule has 0 aromatic heterocycles. The van der Waals surface area contributed by atoms with Crippen molar-refractivity contribution in [3.63, 3.8) is 0 Å². The van der Waals surface area contributed by atoms with Crippen LogP contribution in [0.15, 0.2) is 54.1 Å². The highest BCUT2D eigenvalue weighted by Crippen LogP contribution is 2.34. The quantitative estimate of drug-likeness (QED) is 0.684. The highest BCUT2D eigenvalue weighted by atomic mass is 28.3. The number of hydrogen-bond donors (Lipinski definition) is 0. The first kappa shape index (κ1) is 13.4. The molecule has 1 heteroatoms. The Balaban J connectivity index is 2.20. The Bertz CT molecular complexity index is 440. The van der Waals surface area contributed by atoms with Gasteiger partial charge < -0.3 is 0 Å². The SMILES string of the molecule is CCCCC1=CC=C[C]1[Si](C)(C)c1ccccc1. The molecule has 0 nitrogen and oxygen atoms in total. The highest BCUT2D eigenvalue weighted by molar-refractivity contribution is 6.95. The van der Waals surface area contributed by atoms with E-state index in [1.54, 1.807) is 11.1 Å². The summed E-state index contributed by atoms with van der Waals surface area (Å²) in [6.45, 7) is 7.20. The maximum atomic E-state index is 2.47. The lowest BCUT2D eigenvalue weighted by molar-refractivity contribution is 0.791. The third kappa shape index (κ3) is 2.67. The van der Waals surface area contributed by atoms with Gasteiger partial charge in [-0.2, -0.15) is 0 Å². The van der Waals surface area contributed by atoms with E-state index < -0.39 is 8.07 Å².